The molecule has 1 aliphatic rings. The van der Waals surface area contributed by atoms with E-state index in [1.807, 2.05) is 6.92 Å². The summed E-state index contributed by atoms with van der Waals surface area (Å²) in [4.78, 5) is 26.9. The Morgan fingerprint density at radius 3 is 2.43 bits per heavy atom. The van der Waals surface area contributed by atoms with Crippen molar-refractivity contribution in [2.75, 3.05) is 39.3 Å². The molecule has 122 valence electrons. The molecule has 0 aromatic heterocycles. The third-order valence-electron chi connectivity index (χ3n) is 4.06. The van der Waals surface area contributed by atoms with E-state index in [1.165, 1.54) is 0 Å². The number of carbonyl (C=O) groups excluding carboxylic acids is 1. The SMILES string of the molecule is CCCCCNC(=O)C(C)N1CCN(CCC(=O)O)CC1. The van der Waals surface area contributed by atoms with Gasteiger partial charge in [0.15, 0.2) is 0 Å². The zero-order chi connectivity index (χ0) is 15.7. The van der Waals surface area contributed by atoms with Crippen molar-refractivity contribution in [1.82, 2.24) is 15.1 Å². The van der Waals surface area contributed by atoms with Crippen LogP contribution in [0.25, 0.3) is 0 Å². The predicted octanol–water partition coefficient (Wildman–Crippen LogP) is 0.774. The number of carbonyl (C=O) groups is 2. The monoisotopic (exact) mass is 299 g/mol. The Hall–Kier alpha value is -1.14. The van der Waals surface area contributed by atoms with Crippen molar-refractivity contribution in [2.45, 2.75) is 45.6 Å². The molecule has 0 saturated carbocycles. The van der Waals surface area contributed by atoms with Crippen molar-refractivity contribution in [3.05, 3.63) is 0 Å². The van der Waals surface area contributed by atoms with Crippen LogP contribution in [0.3, 0.4) is 0 Å². The van der Waals surface area contributed by atoms with Crippen molar-refractivity contribution in [1.29, 1.82) is 0 Å². The van der Waals surface area contributed by atoms with Gasteiger partial charge in [-0.3, -0.25) is 14.5 Å². The van der Waals surface area contributed by atoms with Gasteiger partial charge in [0.25, 0.3) is 0 Å². The molecule has 0 radical (unpaired) electrons. The summed E-state index contributed by atoms with van der Waals surface area (Å²) in [7, 11) is 0. The molecule has 0 aliphatic carbocycles. The summed E-state index contributed by atoms with van der Waals surface area (Å²) in [5.41, 5.74) is 0. The molecule has 6 heteroatoms. The summed E-state index contributed by atoms with van der Waals surface area (Å²) in [6.07, 6.45) is 3.53. The van der Waals surface area contributed by atoms with Gasteiger partial charge in [0.2, 0.25) is 5.91 Å². The lowest BCUT2D eigenvalue weighted by Crippen LogP contribution is -2.54. The van der Waals surface area contributed by atoms with Crippen LogP contribution < -0.4 is 5.32 Å². The zero-order valence-corrected chi connectivity index (χ0v) is 13.3. The van der Waals surface area contributed by atoms with E-state index in [1.54, 1.807) is 0 Å². The molecular formula is C15H29N3O3. The van der Waals surface area contributed by atoms with Crippen molar-refractivity contribution in [3.63, 3.8) is 0 Å². The molecule has 1 amide bonds. The molecule has 1 heterocycles. The number of amides is 1. The lowest BCUT2D eigenvalue weighted by molar-refractivity contribution is -0.137. The van der Waals surface area contributed by atoms with E-state index in [0.717, 1.165) is 52.0 Å². The molecule has 6 nitrogen and oxygen atoms in total. The molecule has 1 unspecified atom stereocenters. The average molecular weight is 299 g/mol. The van der Waals surface area contributed by atoms with Gasteiger partial charge in [0, 0.05) is 39.3 Å². The quantitative estimate of drug-likeness (QED) is 0.615. The summed E-state index contributed by atoms with van der Waals surface area (Å²) >= 11 is 0. The van der Waals surface area contributed by atoms with Gasteiger partial charge in [-0.25, -0.2) is 0 Å². The van der Waals surface area contributed by atoms with Gasteiger partial charge in [0.05, 0.1) is 12.5 Å². The van der Waals surface area contributed by atoms with Crippen LogP contribution in [0.4, 0.5) is 0 Å². The molecule has 1 aliphatic heterocycles. The van der Waals surface area contributed by atoms with Crippen LogP contribution in [0.1, 0.15) is 39.5 Å². The van der Waals surface area contributed by atoms with Crippen molar-refractivity contribution in [2.24, 2.45) is 0 Å². The standard InChI is InChI=1S/C15H29N3O3/c1-3-4-5-7-16-15(21)13(2)18-11-9-17(10-12-18)8-6-14(19)20/h13H,3-12H2,1-2H3,(H,16,21)(H,19,20). The summed E-state index contributed by atoms with van der Waals surface area (Å²) in [6.45, 7) is 8.76. The van der Waals surface area contributed by atoms with E-state index in [0.29, 0.717) is 6.54 Å². The summed E-state index contributed by atoms with van der Waals surface area (Å²) in [6, 6.07) is -0.103. The lowest BCUT2D eigenvalue weighted by atomic mass is 10.2. The van der Waals surface area contributed by atoms with Gasteiger partial charge in [-0.15, -0.1) is 0 Å². The molecule has 1 rings (SSSR count). The van der Waals surface area contributed by atoms with Crippen molar-refractivity contribution >= 4 is 11.9 Å². The lowest BCUT2D eigenvalue weighted by Gasteiger charge is -2.37. The Labute approximate surface area is 127 Å². The van der Waals surface area contributed by atoms with Crippen LogP contribution in [0.15, 0.2) is 0 Å². The number of unbranched alkanes of at least 4 members (excludes halogenated alkanes) is 2. The predicted molar refractivity (Wildman–Crippen MR) is 82.3 cm³/mol. The molecule has 0 aromatic rings. The van der Waals surface area contributed by atoms with Crippen LogP contribution >= 0.6 is 0 Å². The Kier molecular flexibility index (Phi) is 8.30. The smallest absolute Gasteiger partial charge is 0.304 e. The number of carboxylic acids is 1. The number of piperazine rings is 1. The van der Waals surface area contributed by atoms with Crippen LogP contribution in [-0.4, -0.2) is 72.1 Å². The molecule has 0 aromatic carbocycles. The molecule has 0 bridgehead atoms. The highest BCUT2D eigenvalue weighted by Crippen LogP contribution is 2.07. The van der Waals surface area contributed by atoms with E-state index < -0.39 is 5.97 Å². The Morgan fingerprint density at radius 2 is 1.86 bits per heavy atom. The number of nitrogens with zero attached hydrogens (tertiary/aromatic N) is 2. The Bertz CT molecular complexity index is 328. The number of aliphatic carboxylic acids is 1. The fraction of sp³-hybridized carbons (Fsp3) is 0.867. The number of hydrogen-bond donors (Lipinski definition) is 2. The largest absolute Gasteiger partial charge is 0.481 e. The molecule has 1 saturated heterocycles. The third-order valence-corrected chi connectivity index (χ3v) is 4.06. The summed E-state index contributed by atoms with van der Waals surface area (Å²) < 4.78 is 0. The topological polar surface area (TPSA) is 72.9 Å². The number of nitrogens with one attached hydrogen (secondary N) is 1. The molecular weight excluding hydrogens is 270 g/mol. The van der Waals surface area contributed by atoms with E-state index in [9.17, 15) is 9.59 Å². The van der Waals surface area contributed by atoms with Crippen LogP contribution in [0.2, 0.25) is 0 Å². The van der Waals surface area contributed by atoms with Gasteiger partial charge < -0.3 is 15.3 Å². The fourth-order valence-corrected chi connectivity index (χ4v) is 2.53. The maximum absolute atomic E-state index is 12.1. The Balaban J connectivity index is 2.22. The molecule has 1 fully saturated rings. The normalized spacial score (nSPS) is 18.4. The Morgan fingerprint density at radius 1 is 1.19 bits per heavy atom. The average Bonchev–Trinajstić information content (AvgIpc) is 2.49. The molecule has 0 spiro atoms. The first-order valence-electron chi connectivity index (χ1n) is 8.00. The number of carboxylic acid groups (broad SMARTS) is 1. The number of hydrogen-bond acceptors (Lipinski definition) is 4. The van der Waals surface area contributed by atoms with Crippen LogP contribution in [0.5, 0.6) is 0 Å². The van der Waals surface area contributed by atoms with Gasteiger partial charge in [-0.2, -0.15) is 0 Å². The van der Waals surface area contributed by atoms with Gasteiger partial charge >= 0.3 is 5.97 Å². The minimum atomic E-state index is -0.753. The maximum Gasteiger partial charge on any atom is 0.304 e. The van der Waals surface area contributed by atoms with Crippen LogP contribution in [0, 0.1) is 0 Å². The van der Waals surface area contributed by atoms with Crippen molar-refractivity contribution < 1.29 is 14.7 Å². The molecule has 1 atom stereocenters. The minimum absolute atomic E-state index is 0.102. The zero-order valence-electron chi connectivity index (χ0n) is 13.3. The van der Waals surface area contributed by atoms with Crippen LogP contribution in [-0.2, 0) is 9.59 Å². The minimum Gasteiger partial charge on any atom is -0.481 e. The summed E-state index contributed by atoms with van der Waals surface area (Å²) in [5, 5.41) is 11.7. The second-order valence-corrected chi connectivity index (χ2v) is 5.70. The van der Waals surface area contributed by atoms with E-state index >= 15 is 0 Å². The second-order valence-electron chi connectivity index (χ2n) is 5.70. The highest BCUT2D eigenvalue weighted by atomic mass is 16.4. The molecule has 2 N–H and O–H groups in total. The first-order chi connectivity index (χ1) is 10.0. The third kappa shape index (κ3) is 6.91. The maximum atomic E-state index is 12.1. The highest BCUT2D eigenvalue weighted by molar-refractivity contribution is 5.81. The van der Waals surface area contributed by atoms with E-state index in [2.05, 4.69) is 22.0 Å². The second kappa shape index (κ2) is 9.73. The highest BCUT2D eigenvalue weighted by Gasteiger charge is 2.25. The number of rotatable bonds is 9. The summed E-state index contributed by atoms with van der Waals surface area (Å²) in [5.74, 6) is -0.651. The van der Waals surface area contributed by atoms with E-state index in [-0.39, 0.29) is 18.4 Å². The first kappa shape index (κ1) is 17.9. The first-order valence-corrected chi connectivity index (χ1v) is 8.00. The fourth-order valence-electron chi connectivity index (χ4n) is 2.53. The van der Waals surface area contributed by atoms with Gasteiger partial charge in [-0.1, -0.05) is 19.8 Å². The molecule has 21 heavy (non-hydrogen) atoms. The van der Waals surface area contributed by atoms with E-state index in [4.69, 9.17) is 5.11 Å². The van der Waals surface area contributed by atoms with Gasteiger partial charge in [-0.05, 0) is 13.3 Å². The van der Waals surface area contributed by atoms with Gasteiger partial charge in [0.1, 0.15) is 0 Å². The van der Waals surface area contributed by atoms with Crippen molar-refractivity contribution in [3.8, 4) is 0 Å².